The summed E-state index contributed by atoms with van der Waals surface area (Å²) in [4.78, 5) is 44.3. The fourth-order valence-corrected chi connectivity index (χ4v) is 4.43. The van der Waals surface area contributed by atoms with Crippen molar-refractivity contribution in [2.75, 3.05) is 19.7 Å². The lowest BCUT2D eigenvalue weighted by atomic mass is 10.00. The lowest BCUT2D eigenvalue weighted by Crippen LogP contribution is -2.45. The van der Waals surface area contributed by atoms with Crippen molar-refractivity contribution in [1.82, 2.24) is 20.1 Å². The maximum Gasteiger partial charge on any atom is 0.324 e. The molecule has 0 saturated heterocycles. The van der Waals surface area contributed by atoms with Gasteiger partial charge in [-0.3, -0.25) is 19.9 Å². The minimum Gasteiger partial charge on any atom is -0.494 e. The molecule has 0 radical (unpaired) electrons. The zero-order chi connectivity index (χ0) is 24.8. The number of pyridine rings is 1. The molecular weight excluding hydrogens is 444 g/mol. The van der Waals surface area contributed by atoms with Crippen LogP contribution in [-0.4, -0.2) is 52.8 Å². The second-order valence-corrected chi connectivity index (χ2v) is 8.16. The number of imide groups is 1. The van der Waals surface area contributed by atoms with Crippen LogP contribution < -0.4 is 10.1 Å². The summed E-state index contributed by atoms with van der Waals surface area (Å²) in [6.45, 7) is 5.38. The van der Waals surface area contributed by atoms with Gasteiger partial charge in [0.1, 0.15) is 5.75 Å². The SMILES string of the molecule is CCOc1ccc2c(c1)CN(C[C@@H](c1ccc(-c3ccncc3)cc1)N(CC)C(=O)NC=O)C2=O. The van der Waals surface area contributed by atoms with Crippen LogP contribution in [0.5, 0.6) is 5.75 Å². The number of nitrogens with zero attached hydrogens (tertiary/aromatic N) is 3. The van der Waals surface area contributed by atoms with Gasteiger partial charge in [0, 0.05) is 37.6 Å². The van der Waals surface area contributed by atoms with E-state index in [9.17, 15) is 14.4 Å². The molecule has 1 aliphatic heterocycles. The molecule has 8 nitrogen and oxygen atoms in total. The van der Waals surface area contributed by atoms with Gasteiger partial charge in [-0.15, -0.1) is 0 Å². The van der Waals surface area contributed by atoms with Crippen molar-refractivity contribution in [3.8, 4) is 16.9 Å². The molecule has 1 N–H and O–H groups in total. The van der Waals surface area contributed by atoms with Gasteiger partial charge in [-0.05, 0) is 66.4 Å². The maximum absolute atomic E-state index is 13.2. The van der Waals surface area contributed by atoms with Gasteiger partial charge in [-0.2, -0.15) is 0 Å². The molecular formula is C27H28N4O4. The molecule has 0 unspecified atom stereocenters. The van der Waals surface area contributed by atoms with Crippen LogP contribution in [0.4, 0.5) is 4.79 Å². The number of hydrogen-bond acceptors (Lipinski definition) is 5. The normalized spacial score (nSPS) is 13.2. The van der Waals surface area contributed by atoms with Crippen LogP contribution >= 0.6 is 0 Å². The molecule has 2 aromatic carbocycles. The Morgan fingerprint density at radius 3 is 2.49 bits per heavy atom. The quantitative estimate of drug-likeness (QED) is 0.475. The third-order valence-electron chi connectivity index (χ3n) is 6.13. The van der Waals surface area contributed by atoms with Gasteiger partial charge in [0.15, 0.2) is 0 Å². The van der Waals surface area contributed by atoms with Crippen LogP contribution in [0.25, 0.3) is 11.1 Å². The zero-order valence-corrected chi connectivity index (χ0v) is 19.8. The highest BCUT2D eigenvalue weighted by atomic mass is 16.5. The number of fused-ring (bicyclic) bond motifs is 1. The van der Waals surface area contributed by atoms with Crippen molar-refractivity contribution in [1.29, 1.82) is 0 Å². The number of amides is 4. The van der Waals surface area contributed by atoms with Crippen LogP contribution in [0.3, 0.4) is 0 Å². The summed E-state index contributed by atoms with van der Waals surface area (Å²) in [5.74, 6) is 0.637. The zero-order valence-electron chi connectivity index (χ0n) is 19.8. The first-order chi connectivity index (χ1) is 17.0. The highest BCUT2D eigenvalue weighted by Crippen LogP contribution is 2.31. The first-order valence-corrected chi connectivity index (χ1v) is 11.6. The van der Waals surface area contributed by atoms with Crippen molar-refractivity contribution in [3.63, 3.8) is 0 Å². The van der Waals surface area contributed by atoms with Gasteiger partial charge in [0.05, 0.1) is 12.6 Å². The molecule has 0 aliphatic carbocycles. The lowest BCUT2D eigenvalue weighted by molar-refractivity contribution is -0.108. The van der Waals surface area contributed by atoms with Gasteiger partial charge in [0.2, 0.25) is 6.41 Å². The molecule has 0 fully saturated rings. The van der Waals surface area contributed by atoms with Crippen LogP contribution in [0.1, 0.15) is 41.4 Å². The van der Waals surface area contributed by atoms with E-state index in [4.69, 9.17) is 4.74 Å². The van der Waals surface area contributed by atoms with E-state index in [1.165, 1.54) is 0 Å². The van der Waals surface area contributed by atoms with Gasteiger partial charge < -0.3 is 14.5 Å². The summed E-state index contributed by atoms with van der Waals surface area (Å²) < 4.78 is 5.59. The van der Waals surface area contributed by atoms with Crippen molar-refractivity contribution < 1.29 is 19.1 Å². The number of urea groups is 1. The van der Waals surface area contributed by atoms with Crippen LogP contribution in [0, 0.1) is 0 Å². The molecule has 1 aromatic heterocycles. The van der Waals surface area contributed by atoms with E-state index in [-0.39, 0.29) is 12.5 Å². The van der Waals surface area contributed by atoms with Crippen molar-refractivity contribution in [3.05, 3.63) is 83.7 Å². The number of ether oxygens (including phenoxy) is 1. The Morgan fingerprint density at radius 1 is 1.11 bits per heavy atom. The number of hydrogen-bond donors (Lipinski definition) is 1. The first kappa shape index (κ1) is 23.9. The van der Waals surface area contributed by atoms with E-state index < -0.39 is 12.1 Å². The Bertz CT molecular complexity index is 1200. The number of carbonyl (C=O) groups excluding carboxylic acids is 3. The van der Waals surface area contributed by atoms with Gasteiger partial charge in [-0.25, -0.2) is 4.79 Å². The van der Waals surface area contributed by atoms with Crippen LogP contribution in [0.2, 0.25) is 0 Å². The maximum atomic E-state index is 13.2. The monoisotopic (exact) mass is 472 g/mol. The van der Waals surface area contributed by atoms with Gasteiger partial charge in [-0.1, -0.05) is 24.3 Å². The molecule has 0 bridgehead atoms. The number of carbonyl (C=O) groups is 3. The summed E-state index contributed by atoms with van der Waals surface area (Å²) in [5.41, 5.74) is 4.45. The topological polar surface area (TPSA) is 91.8 Å². The molecule has 0 saturated carbocycles. The third kappa shape index (κ3) is 5.16. The minimum absolute atomic E-state index is 0.0895. The van der Waals surface area contributed by atoms with Crippen LogP contribution in [0.15, 0.2) is 67.0 Å². The smallest absolute Gasteiger partial charge is 0.324 e. The standard InChI is InChI=1S/C27H28N4O4/c1-3-31(27(34)29-18-32)25(21-7-5-19(6-8-21)20-11-13-28-14-12-20)17-30-16-22-15-23(35-4-2)9-10-24(22)26(30)33/h5-15,18,25H,3-4,16-17H2,1-2H3,(H,29,32,34)/t25-/m0/s1. The average molecular weight is 473 g/mol. The molecule has 180 valence electrons. The van der Waals surface area contributed by atoms with E-state index in [1.807, 2.05) is 56.3 Å². The molecule has 8 heteroatoms. The molecule has 2 heterocycles. The summed E-state index contributed by atoms with van der Waals surface area (Å²) in [7, 11) is 0. The highest BCUT2D eigenvalue weighted by molar-refractivity contribution is 5.98. The number of aromatic nitrogens is 1. The Labute approximate surface area is 204 Å². The Kier molecular flexibility index (Phi) is 7.40. The van der Waals surface area contributed by atoms with Crippen molar-refractivity contribution in [2.24, 2.45) is 0 Å². The summed E-state index contributed by atoms with van der Waals surface area (Å²) >= 11 is 0. The summed E-state index contributed by atoms with van der Waals surface area (Å²) in [6, 6.07) is 16.3. The third-order valence-corrected chi connectivity index (χ3v) is 6.13. The number of rotatable bonds is 9. The van der Waals surface area contributed by atoms with E-state index in [0.717, 1.165) is 28.0 Å². The number of likely N-dealkylation sites (N-methyl/N-ethyl adjacent to an activating group) is 1. The van der Waals surface area contributed by atoms with E-state index >= 15 is 0 Å². The molecule has 4 rings (SSSR count). The average Bonchev–Trinajstić information content (AvgIpc) is 3.19. The molecule has 3 aromatic rings. The second kappa shape index (κ2) is 10.8. The largest absolute Gasteiger partial charge is 0.494 e. The molecule has 35 heavy (non-hydrogen) atoms. The van der Waals surface area contributed by atoms with E-state index in [0.29, 0.717) is 31.7 Å². The van der Waals surface area contributed by atoms with Crippen molar-refractivity contribution >= 4 is 18.3 Å². The molecule has 1 atom stereocenters. The Morgan fingerprint density at radius 2 is 1.83 bits per heavy atom. The number of nitrogens with one attached hydrogen (secondary N) is 1. The summed E-state index contributed by atoms with van der Waals surface area (Å²) in [6.07, 6.45) is 3.85. The minimum atomic E-state index is -0.506. The lowest BCUT2D eigenvalue weighted by Gasteiger charge is -2.33. The predicted molar refractivity (Wildman–Crippen MR) is 132 cm³/mol. The highest BCUT2D eigenvalue weighted by Gasteiger charge is 2.33. The molecule has 1 aliphatic rings. The van der Waals surface area contributed by atoms with Gasteiger partial charge in [0.25, 0.3) is 5.91 Å². The predicted octanol–water partition coefficient (Wildman–Crippen LogP) is 4.03. The second-order valence-electron chi connectivity index (χ2n) is 8.16. The Balaban J connectivity index is 1.63. The van der Waals surface area contributed by atoms with E-state index in [1.54, 1.807) is 34.3 Å². The Hall–Kier alpha value is -4.20. The molecule has 4 amide bonds. The fourth-order valence-electron chi connectivity index (χ4n) is 4.43. The van der Waals surface area contributed by atoms with Crippen LogP contribution in [-0.2, 0) is 11.3 Å². The van der Waals surface area contributed by atoms with E-state index in [2.05, 4.69) is 10.3 Å². The fraction of sp³-hybridized carbons (Fsp3) is 0.259. The number of benzene rings is 2. The van der Waals surface area contributed by atoms with Crippen molar-refractivity contribution in [2.45, 2.75) is 26.4 Å². The summed E-state index contributed by atoms with van der Waals surface area (Å²) in [5, 5.41) is 2.24. The molecule has 0 spiro atoms. The first-order valence-electron chi connectivity index (χ1n) is 11.6. The van der Waals surface area contributed by atoms with Gasteiger partial charge >= 0.3 is 6.03 Å².